The summed E-state index contributed by atoms with van der Waals surface area (Å²) >= 11 is 1.95. The Kier molecular flexibility index (Phi) is 4.89. The summed E-state index contributed by atoms with van der Waals surface area (Å²) < 4.78 is 0. The Labute approximate surface area is 167 Å². The standard InChI is InChI=1S/C23H30N2OS/c1-18-9-10-20(27-18)23(24(2)3)13-11-22(12-14-23)15-16-25(17-22)21(26)19-7-5-4-6-8-19/h4-10H,11-17H2,1-3H3. The zero-order valence-corrected chi connectivity index (χ0v) is 17.5. The third kappa shape index (κ3) is 3.34. The number of thiophene rings is 1. The Morgan fingerprint density at radius 3 is 2.30 bits per heavy atom. The van der Waals surface area contributed by atoms with Crippen molar-refractivity contribution in [2.75, 3.05) is 27.2 Å². The molecule has 0 atom stereocenters. The molecule has 1 spiro atoms. The summed E-state index contributed by atoms with van der Waals surface area (Å²) in [6.07, 6.45) is 5.95. The van der Waals surface area contributed by atoms with Gasteiger partial charge < -0.3 is 4.90 Å². The second-order valence-electron chi connectivity index (χ2n) is 8.68. The van der Waals surface area contributed by atoms with Crippen molar-refractivity contribution >= 4 is 17.2 Å². The zero-order chi connectivity index (χ0) is 19.1. The minimum Gasteiger partial charge on any atom is -0.338 e. The number of amides is 1. The maximum atomic E-state index is 12.9. The van der Waals surface area contributed by atoms with Crippen LogP contribution in [-0.4, -0.2) is 42.9 Å². The van der Waals surface area contributed by atoms with E-state index in [0.29, 0.717) is 5.41 Å². The van der Waals surface area contributed by atoms with Gasteiger partial charge in [0.1, 0.15) is 0 Å². The quantitative estimate of drug-likeness (QED) is 0.752. The third-order valence-corrected chi connectivity index (χ3v) is 8.13. The van der Waals surface area contributed by atoms with E-state index in [-0.39, 0.29) is 11.4 Å². The lowest BCUT2D eigenvalue weighted by molar-refractivity contribution is 0.0394. The summed E-state index contributed by atoms with van der Waals surface area (Å²) in [4.78, 5) is 20.3. The number of carbonyl (C=O) groups excluding carboxylic acids is 1. The summed E-state index contributed by atoms with van der Waals surface area (Å²) in [5.41, 5.74) is 1.30. The van der Waals surface area contributed by atoms with E-state index in [0.717, 1.165) is 25.1 Å². The van der Waals surface area contributed by atoms with E-state index >= 15 is 0 Å². The highest BCUT2D eigenvalue weighted by Gasteiger charge is 2.48. The first-order valence-corrected chi connectivity index (χ1v) is 10.8. The van der Waals surface area contributed by atoms with Gasteiger partial charge in [-0.25, -0.2) is 0 Å². The molecule has 1 aliphatic carbocycles. The van der Waals surface area contributed by atoms with Crippen LogP contribution in [0.3, 0.4) is 0 Å². The van der Waals surface area contributed by atoms with Gasteiger partial charge in [-0.1, -0.05) is 18.2 Å². The van der Waals surface area contributed by atoms with Crippen molar-refractivity contribution in [2.45, 2.75) is 44.6 Å². The van der Waals surface area contributed by atoms with Gasteiger partial charge in [0, 0.05) is 28.4 Å². The van der Waals surface area contributed by atoms with E-state index in [1.165, 1.54) is 35.4 Å². The number of likely N-dealkylation sites (tertiary alicyclic amines) is 1. The molecular formula is C23H30N2OS. The molecule has 27 heavy (non-hydrogen) atoms. The summed E-state index contributed by atoms with van der Waals surface area (Å²) in [5, 5.41) is 0. The topological polar surface area (TPSA) is 23.6 Å². The molecule has 4 rings (SSSR count). The van der Waals surface area contributed by atoms with Crippen LogP contribution < -0.4 is 0 Å². The fourth-order valence-corrected chi connectivity index (χ4v) is 6.27. The van der Waals surface area contributed by atoms with Gasteiger partial charge in [0.05, 0.1) is 5.54 Å². The fraction of sp³-hybridized carbons (Fsp3) is 0.522. The maximum absolute atomic E-state index is 12.9. The van der Waals surface area contributed by atoms with Crippen molar-refractivity contribution in [3.05, 3.63) is 57.8 Å². The van der Waals surface area contributed by atoms with E-state index in [1.54, 1.807) is 0 Å². The van der Waals surface area contributed by atoms with Crippen molar-refractivity contribution in [1.82, 2.24) is 9.80 Å². The number of rotatable bonds is 3. The fourth-order valence-electron chi connectivity index (χ4n) is 5.07. The van der Waals surface area contributed by atoms with E-state index < -0.39 is 0 Å². The molecule has 0 radical (unpaired) electrons. The molecule has 1 amide bonds. The summed E-state index contributed by atoms with van der Waals surface area (Å²) in [6.45, 7) is 4.03. The van der Waals surface area contributed by atoms with Gasteiger partial charge in [-0.3, -0.25) is 9.69 Å². The average Bonchev–Trinajstić information content (AvgIpc) is 3.30. The van der Waals surface area contributed by atoms with Crippen molar-refractivity contribution in [2.24, 2.45) is 5.41 Å². The van der Waals surface area contributed by atoms with Crippen LogP contribution in [0.25, 0.3) is 0 Å². The largest absolute Gasteiger partial charge is 0.338 e. The molecular weight excluding hydrogens is 352 g/mol. The predicted molar refractivity (Wildman–Crippen MR) is 112 cm³/mol. The van der Waals surface area contributed by atoms with Crippen LogP contribution in [0.5, 0.6) is 0 Å². The first-order chi connectivity index (χ1) is 12.9. The zero-order valence-electron chi connectivity index (χ0n) is 16.7. The molecule has 1 saturated carbocycles. The van der Waals surface area contributed by atoms with Crippen molar-refractivity contribution in [3.8, 4) is 0 Å². The third-order valence-electron chi connectivity index (χ3n) is 6.94. The lowest BCUT2D eigenvalue weighted by atomic mass is 9.66. The molecule has 0 bridgehead atoms. The Hall–Kier alpha value is -1.65. The average molecular weight is 383 g/mol. The molecule has 2 aliphatic rings. The van der Waals surface area contributed by atoms with Gasteiger partial charge >= 0.3 is 0 Å². The minimum absolute atomic E-state index is 0.168. The Morgan fingerprint density at radius 1 is 1.00 bits per heavy atom. The molecule has 1 aromatic heterocycles. The Bertz CT molecular complexity index is 803. The number of carbonyl (C=O) groups is 1. The van der Waals surface area contributed by atoms with Crippen LogP contribution in [0.2, 0.25) is 0 Å². The van der Waals surface area contributed by atoms with Gasteiger partial charge in [0.15, 0.2) is 0 Å². The second kappa shape index (κ2) is 7.06. The van der Waals surface area contributed by atoms with E-state index in [1.807, 2.05) is 41.7 Å². The molecule has 144 valence electrons. The highest BCUT2D eigenvalue weighted by atomic mass is 32.1. The number of hydrogen-bond acceptors (Lipinski definition) is 3. The van der Waals surface area contributed by atoms with Crippen molar-refractivity contribution in [1.29, 1.82) is 0 Å². The molecule has 2 fully saturated rings. The minimum atomic E-state index is 0.168. The van der Waals surface area contributed by atoms with Crippen LogP contribution in [0, 0.1) is 12.3 Å². The predicted octanol–water partition coefficient (Wildman–Crippen LogP) is 4.92. The first-order valence-electron chi connectivity index (χ1n) is 10.0. The molecule has 2 aromatic rings. The van der Waals surface area contributed by atoms with Crippen LogP contribution in [-0.2, 0) is 5.54 Å². The SMILES string of the molecule is Cc1ccc(C2(N(C)C)CCC3(CCN(C(=O)c4ccccc4)C3)CC2)s1. The normalized spacial score (nSPS) is 28.2. The summed E-state index contributed by atoms with van der Waals surface area (Å²) in [5.74, 6) is 0.200. The van der Waals surface area contributed by atoms with Gasteiger partial charge in [0.2, 0.25) is 0 Å². The number of aryl methyl sites for hydroxylation is 1. The van der Waals surface area contributed by atoms with Crippen LogP contribution in [0.4, 0.5) is 0 Å². The van der Waals surface area contributed by atoms with Gasteiger partial charge in [0.25, 0.3) is 5.91 Å². The Morgan fingerprint density at radius 2 is 1.70 bits per heavy atom. The molecule has 3 nitrogen and oxygen atoms in total. The summed E-state index contributed by atoms with van der Waals surface area (Å²) in [7, 11) is 4.46. The molecule has 4 heteroatoms. The molecule has 1 aromatic carbocycles. The van der Waals surface area contributed by atoms with E-state index in [2.05, 4.69) is 43.0 Å². The van der Waals surface area contributed by atoms with Crippen LogP contribution in [0.1, 0.15) is 52.2 Å². The lowest BCUT2D eigenvalue weighted by Gasteiger charge is -2.48. The van der Waals surface area contributed by atoms with Crippen molar-refractivity contribution in [3.63, 3.8) is 0 Å². The highest BCUT2D eigenvalue weighted by Crippen LogP contribution is 2.53. The highest BCUT2D eigenvalue weighted by molar-refractivity contribution is 7.12. The molecule has 1 aliphatic heterocycles. The van der Waals surface area contributed by atoms with E-state index in [4.69, 9.17) is 0 Å². The van der Waals surface area contributed by atoms with Gasteiger partial charge in [-0.2, -0.15) is 0 Å². The van der Waals surface area contributed by atoms with Crippen molar-refractivity contribution < 1.29 is 4.79 Å². The molecule has 0 unspecified atom stereocenters. The first kappa shape index (κ1) is 18.7. The number of nitrogens with zero attached hydrogens (tertiary/aromatic N) is 2. The second-order valence-corrected chi connectivity index (χ2v) is 9.97. The lowest BCUT2D eigenvalue weighted by Crippen LogP contribution is -2.47. The molecule has 2 heterocycles. The summed E-state index contributed by atoms with van der Waals surface area (Å²) in [6, 6.07) is 14.3. The van der Waals surface area contributed by atoms with Gasteiger partial charge in [-0.15, -0.1) is 11.3 Å². The Balaban J connectivity index is 1.48. The van der Waals surface area contributed by atoms with E-state index in [9.17, 15) is 4.79 Å². The van der Waals surface area contributed by atoms with Gasteiger partial charge in [-0.05, 0) is 82.8 Å². The smallest absolute Gasteiger partial charge is 0.253 e. The van der Waals surface area contributed by atoms with Crippen LogP contribution in [0.15, 0.2) is 42.5 Å². The number of hydrogen-bond donors (Lipinski definition) is 0. The molecule has 1 saturated heterocycles. The maximum Gasteiger partial charge on any atom is 0.253 e. The molecule has 0 N–H and O–H groups in total. The number of benzene rings is 1. The van der Waals surface area contributed by atoms with Crippen LogP contribution >= 0.6 is 11.3 Å². The monoisotopic (exact) mass is 382 g/mol.